The van der Waals surface area contributed by atoms with E-state index in [4.69, 9.17) is 16.7 Å². The monoisotopic (exact) mass is 345 g/mol. The Kier molecular flexibility index (Phi) is 3.71. The van der Waals surface area contributed by atoms with E-state index in [0.29, 0.717) is 15.3 Å². The molecule has 1 aromatic heterocycles. The second-order valence-electron chi connectivity index (χ2n) is 5.17. The van der Waals surface area contributed by atoms with Gasteiger partial charge >= 0.3 is 12.1 Å². The summed E-state index contributed by atoms with van der Waals surface area (Å²) in [5.74, 6) is -1.52. The maximum atomic E-state index is 13.4. The van der Waals surface area contributed by atoms with Crippen LogP contribution in [0.5, 0.6) is 0 Å². The third-order valence-electron chi connectivity index (χ3n) is 3.75. The van der Waals surface area contributed by atoms with Crippen LogP contribution in [0.4, 0.5) is 19.0 Å². The molecule has 0 bridgehead atoms. The van der Waals surface area contributed by atoms with Gasteiger partial charge in [-0.3, -0.25) is 0 Å². The number of aromatic carboxylic acids is 1. The summed E-state index contributed by atoms with van der Waals surface area (Å²) in [6, 6.07) is 3.83. The highest BCUT2D eigenvalue weighted by molar-refractivity contribution is 6.31. The second kappa shape index (κ2) is 5.45. The molecule has 9 heteroatoms. The molecule has 1 aromatic carbocycles. The Labute approximate surface area is 133 Å². The SMILES string of the molecule is O=C(O)c1cnn2c1NC(c1ccccc1Cl)CC2C(F)(F)F. The third kappa shape index (κ3) is 2.74. The minimum absolute atomic E-state index is 0.170. The third-order valence-corrected chi connectivity index (χ3v) is 4.09. The molecule has 122 valence electrons. The van der Waals surface area contributed by atoms with E-state index in [0.717, 1.165) is 6.20 Å². The van der Waals surface area contributed by atoms with Crippen molar-refractivity contribution in [2.75, 3.05) is 5.32 Å². The van der Waals surface area contributed by atoms with Crippen LogP contribution in [-0.4, -0.2) is 27.0 Å². The Morgan fingerprint density at radius 1 is 1.39 bits per heavy atom. The molecule has 0 saturated heterocycles. The lowest BCUT2D eigenvalue weighted by atomic mass is 9.96. The summed E-state index contributed by atoms with van der Waals surface area (Å²) >= 11 is 6.06. The summed E-state index contributed by atoms with van der Waals surface area (Å²) in [5.41, 5.74) is 0.170. The van der Waals surface area contributed by atoms with Gasteiger partial charge in [0.15, 0.2) is 6.04 Å². The summed E-state index contributed by atoms with van der Waals surface area (Å²) in [4.78, 5) is 11.2. The number of hydrogen-bond acceptors (Lipinski definition) is 3. The van der Waals surface area contributed by atoms with E-state index < -0.39 is 24.2 Å². The largest absolute Gasteiger partial charge is 0.477 e. The van der Waals surface area contributed by atoms with Gasteiger partial charge in [0.1, 0.15) is 11.4 Å². The topological polar surface area (TPSA) is 67.1 Å². The van der Waals surface area contributed by atoms with Crippen molar-refractivity contribution in [1.29, 1.82) is 0 Å². The molecule has 5 nitrogen and oxygen atoms in total. The Hall–Kier alpha value is -2.22. The molecule has 0 radical (unpaired) electrons. The first kappa shape index (κ1) is 15.7. The molecule has 2 unspecified atom stereocenters. The highest BCUT2D eigenvalue weighted by Gasteiger charge is 2.47. The van der Waals surface area contributed by atoms with Crippen molar-refractivity contribution in [3.8, 4) is 0 Å². The smallest absolute Gasteiger partial charge is 0.410 e. The fraction of sp³-hybridized carbons (Fsp3) is 0.286. The van der Waals surface area contributed by atoms with Crippen molar-refractivity contribution in [3.05, 3.63) is 46.6 Å². The first-order chi connectivity index (χ1) is 10.8. The lowest BCUT2D eigenvalue weighted by Crippen LogP contribution is -2.36. The van der Waals surface area contributed by atoms with Gasteiger partial charge in [-0.15, -0.1) is 0 Å². The van der Waals surface area contributed by atoms with Gasteiger partial charge in [0.2, 0.25) is 0 Å². The lowest BCUT2D eigenvalue weighted by Gasteiger charge is -2.34. The van der Waals surface area contributed by atoms with Gasteiger partial charge in [-0.1, -0.05) is 29.8 Å². The average Bonchev–Trinajstić information content (AvgIpc) is 2.89. The van der Waals surface area contributed by atoms with Crippen molar-refractivity contribution in [2.24, 2.45) is 0 Å². The molecule has 23 heavy (non-hydrogen) atoms. The number of carbonyl (C=O) groups is 1. The van der Waals surface area contributed by atoms with E-state index in [2.05, 4.69) is 10.4 Å². The van der Waals surface area contributed by atoms with Gasteiger partial charge in [0.25, 0.3) is 0 Å². The van der Waals surface area contributed by atoms with Gasteiger partial charge in [0.05, 0.1) is 12.2 Å². The molecule has 1 aliphatic rings. The number of nitrogens with zero attached hydrogens (tertiary/aromatic N) is 2. The summed E-state index contributed by atoms with van der Waals surface area (Å²) in [5, 5.41) is 15.9. The van der Waals surface area contributed by atoms with E-state index in [1.54, 1.807) is 24.3 Å². The molecule has 0 amide bonds. The van der Waals surface area contributed by atoms with Crippen LogP contribution in [0.15, 0.2) is 30.5 Å². The standard InChI is InChI=1S/C14H11ClF3N3O2/c15-9-4-2-1-3-7(9)10-5-11(14(16,17)18)21-12(20-10)8(6-19-21)13(22)23/h1-4,6,10-11,20H,5H2,(H,22,23). The zero-order valence-corrected chi connectivity index (χ0v) is 12.3. The number of halogens is 4. The molecule has 2 atom stereocenters. The number of nitrogens with one attached hydrogen (secondary N) is 1. The van der Waals surface area contributed by atoms with Gasteiger partial charge in [-0.05, 0) is 11.6 Å². The molecule has 0 spiro atoms. The highest BCUT2D eigenvalue weighted by Crippen LogP contribution is 2.45. The fourth-order valence-corrected chi connectivity index (χ4v) is 2.95. The zero-order chi connectivity index (χ0) is 16.8. The van der Waals surface area contributed by atoms with Crippen LogP contribution in [0, 0.1) is 0 Å². The number of carboxylic acid groups (broad SMARTS) is 1. The Balaban J connectivity index is 2.09. The number of anilines is 1. The number of rotatable bonds is 2. The highest BCUT2D eigenvalue weighted by atomic mass is 35.5. The molecule has 0 fully saturated rings. The van der Waals surface area contributed by atoms with E-state index in [1.807, 2.05) is 0 Å². The normalized spacial score (nSPS) is 20.7. The minimum Gasteiger partial charge on any atom is -0.477 e. The maximum absolute atomic E-state index is 13.4. The number of aromatic nitrogens is 2. The van der Waals surface area contributed by atoms with E-state index in [-0.39, 0.29) is 17.8 Å². The number of benzene rings is 1. The predicted octanol–water partition coefficient (Wildman–Crippen LogP) is 3.90. The van der Waals surface area contributed by atoms with Gasteiger partial charge in [0, 0.05) is 11.4 Å². The van der Waals surface area contributed by atoms with Crippen LogP contribution in [0.25, 0.3) is 0 Å². The molecule has 0 saturated carbocycles. The van der Waals surface area contributed by atoms with Crippen LogP contribution in [0.1, 0.15) is 34.4 Å². The zero-order valence-electron chi connectivity index (χ0n) is 11.5. The summed E-state index contributed by atoms with van der Waals surface area (Å²) in [7, 11) is 0. The van der Waals surface area contributed by atoms with Crippen molar-refractivity contribution in [2.45, 2.75) is 24.7 Å². The van der Waals surface area contributed by atoms with Crippen LogP contribution in [0.3, 0.4) is 0 Å². The van der Waals surface area contributed by atoms with Crippen molar-refractivity contribution < 1.29 is 23.1 Å². The molecular formula is C14H11ClF3N3O2. The number of alkyl halides is 3. The predicted molar refractivity (Wildman–Crippen MR) is 76.7 cm³/mol. The summed E-state index contributed by atoms with van der Waals surface area (Å²) < 4.78 is 40.7. The molecule has 1 aliphatic heterocycles. The quantitative estimate of drug-likeness (QED) is 0.866. The van der Waals surface area contributed by atoms with Gasteiger partial charge in [-0.25, -0.2) is 9.48 Å². The molecule has 2 heterocycles. The van der Waals surface area contributed by atoms with Crippen molar-refractivity contribution in [1.82, 2.24) is 9.78 Å². The Morgan fingerprint density at radius 2 is 2.09 bits per heavy atom. The van der Waals surface area contributed by atoms with Gasteiger partial charge in [-0.2, -0.15) is 18.3 Å². The first-order valence-corrected chi connectivity index (χ1v) is 7.05. The number of carboxylic acids is 1. The molecule has 2 aromatic rings. The number of fused-ring (bicyclic) bond motifs is 1. The van der Waals surface area contributed by atoms with Crippen molar-refractivity contribution in [3.63, 3.8) is 0 Å². The summed E-state index contributed by atoms with van der Waals surface area (Å²) in [6.45, 7) is 0. The lowest BCUT2D eigenvalue weighted by molar-refractivity contribution is -0.173. The molecular weight excluding hydrogens is 335 g/mol. The van der Waals surface area contributed by atoms with E-state index in [1.165, 1.54) is 0 Å². The maximum Gasteiger partial charge on any atom is 0.410 e. The Morgan fingerprint density at radius 3 is 2.70 bits per heavy atom. The second-order valence-corrected chi connectivity index (χ2v) is 5.58. The Bertz CT molecular complexity index is 760. The first-order valence-electron chi connectivity index (χ1n) is 6.67. The van der Waals surface area contributed by atoms with Crippen LogP contribution in [0.2, 0.25) is 5.02 Å². The van der Waals surface area contributed by atoms with E-state index >= 15 is 0 Å². The number of hydrogen-bond donors (Lipinski definition) is 2. The van der Waals surface area contributed by atoms with Crippen LogP contribution < -0.4 is 5.32 Å². The molecule has 2 N–H and O–H groups in total. The summed E-state index contributed by atoms with van der Waals surface area (Å²) in [6.07, 6.45) is -3.97. The average molecular weight is 346 g/mol. The molecule has 3 rings (SSSR count). The fourth-order valence-electron chi connectivity index (χ4n) is 2.68. The van der Waals surface area contributed by atoms with Crippen LogP contribution in [-0.2, 0) is 0 Å². The molecule has 0 aliphatic carbocycles. The van der Waals surface area contributed by atoms with E-state index in [9.17, 15) is 18.0 Å². The van der Waals surface area contributed by atoms with Crippen LogP contribution >= 0.6 is 11.6 Å². The van der Waals surface area contributed by atoms with Gasteiger partial charge < -0.3 is 10.4 Å². The minimum atomic E-state index is -4.56. The van der Waals surface area contributed by atoms with Crippen molar-refractivity contribution >= 4 is 23.4 Å².